The largest absolute Gasteiger partial charge is 0.490 e. The first kappa shape index (κ1) is 24.3. The lowest BCUT2D eigenvalue weighted by Gasteiger charge is -2.24. The quantitative estimate of drug-likeness (QED) is 0.482. The summed E-state index contributed by atoms with van der Waals surface area (Å²) < 4.78 is 12.8. The Morgan fingerprint density at radius 3 is 2.30 bits per heavy atom. The number of fused-ring (bicyclic) bond motifs is 1. The van der Waals surface area contributed by atoms with Gasteiger partial charge in [0.25, 0.3) is 11.5 Å². The molecule has 0 radical (unpaired) electrons. The van der Waals surface area contributed by atoms with E-state index in [0.717, 1.165) is 12.0 Å². The van der Waals surface area contributed by atoms with Crippen LogP contribution in [-0.4, -0.2) is 28.9 Å². The lowest BCUT2D eigenvalue weighted by molar-refractivity contribution is 0.0919. The zero-order valence-electron chi connectivity index (χ0n) is 20.1. The van der Waals surface area contributed by atoms with Gasteiger partial charge in [-0.25, -0.2) is 4.68 Å². The van der Waals surface area contributed by atoms with Gasteiger partial charge in [0.2, 0.25) is 0 Å². The second-order valence-electron chi connectivity index (χ2n) is 8.19. The van der Waals surface area contributed by atoms with E-state index in [1.165, 1.54) is 4.68 Å². The fourth-order valence-electron chi connectivity index (χ4n) is 3.87. The van der Waals surface area contributed by atoms with Crippen LogP contribution >= 0.6 is 0 Å². The van der Waals surface area contributed by atoms with E-state index >= 15 is 0 Å². The Hall–Kier alpha value is -3.35. The third-order valence-electron chi connectivity index (χ3n) is 5.40. The summed E-state index contributed by atoms with van der Waals surface area (Å²) in [4.78, 5) is 26.2. The predicted octanol–water partition coefficient (Wildman–Crippen LogP) is 4.73. The second kappa shape index (κ2) is 11.0. The summed E-state index contributed by atoms with van der Waals surface area (Å²) in [6, 6.07) is 12.6. The highest BCUT2D eigenvalue weighted by Gasteiger charge is 2.24. The van der Waals surface area contributed by atoms with E-state index in [9.17, 15) is 9.59 Å². The minimum atomic E-state index is -0.318. The molecule has 0 aliphatic carbocycles. The van der Waals surface area contributed by atoms with Crippen molar-refractivity contribution in [1.82, 2.24) is 15.1 Å². The SMILES string of the molecule is CCCn1nc(C(=O)N[C@H](c2ccc(OCC)c(OCC)c2)C(C)C)c2ccccc2c1=O. The number of hydrogen-bond acceptors (Lipinski definition) is 5. The molecule has 176 valence electrons. The lowest BCUT2D eigenvalue weighted by atomic mass is 9.95. The van der Waals surface area contributed by atoms with Crippen LogP contribution in [0.15, 0.2) is 47.3 Å². The predicted molar refractivity (Wildman–Crippen MR) is 130 cm³/mol. The molecule has 0 fully saturated rings. The molecule has 7 nitrogen and oxygen atoms in total. The van der Waals surface area contributed by atoms with E-state index < -0.39 is 0 Å². The van der Waals surface area contributed by atoms with E-state index in [2.05, 4.69) is 10.4 Å². The standard InChI is InChI=1S/C26H33N3O4/c1-6-15-29-26(31)20-12-10-9-11-19(20)24(28-29)25(30)27-23(17(4)5)18-13-14-21(32-7-2)22(16-18)33-8-3/h9-14,16-17,23H,6-8,15H2,1-5H3,(H,27,30)/t23-/m0/s1. The average Bonchev–Trinajstić information content (AvgIpc) is 2.80. The maximum absolute atomic E-state index is 13.4. The summed E-state index contributed by atoms with van der Waals surface area (Å²) in [7, 11) is 0. The Morgan fingerprint density at radius 2 is 1.67 bits per heavy atom. The van der Waals surface area contributed by atoms with Crippen molar-refractivity contribution in [3.05, 3.63) is 64.1 Å². The van der Waals surface area contributed by atoms with Gasteiger partial charge in [0.1, 0.15) is 0 Å². The lowest BCUT2D eigenvalue weighted by Crippen LogP contribution is -2.35. The molecule has 1 aromatic heterocycles. The molecule has 0 bridgehead atoms. The van der Waals surface area contributed by atoms with Crippen molar-refractivity contribution >= 4 is 16.7 Å². The minimum Gasteiger partial charge on any atom is -0.490 e. The van der Waals surface area contributed by atoms with Crippen LogP contribution in [-0.2, 0) is 6.54 Å². The van der Waals surface area contributed by atoms with Crippen LogP contribution in [0.5, 0.6) is 11.5 Å². The van der Waals surface area contributed by atoms with Crippen LogP contribution in [0, 0.1) is 5.92 Å². The van der Waals surface area contributed by atoms with Gasteiger partial charge >= 0.3 is 0 Å². The van der Waals surface area contributed by atoms with Crippen molar-refractivity contribution in [3.63, 3.8) is 0 Å². The van der Waals surface area contributed by atoms with Crippen LogP contribution in [0.1, 0.15) is 63.1 Å². The number of benzene rings is 2. The molecule has 1 heterocycles. The van der Waals surface area contributed by atoms with Gasteiger partial charge in [0.15, 0.2) is 17.2 Å². The summed E-state index contributed by atoms with van der Waals surface area (Å²) in [6.45, 7) is 11.4. The van der Waals surface area contributed by atoms with Crippen molar-refractivity contribution < 1.29 is 14.3 Å². The van der Waals surface area contributed by atoms with Gasteiger partial charge in [0, 0.05) is 11.9 Å². The highest BCUT2D eigenvalue weighted by atomic mass is 16.5. The van der Waals surface area contributed by atoms with Crippen LogP contribution in [0.3, 0.4) is 0 Å². The molecule has 1 amide bonds. The van der Waals surface area contributed by atoms with Gasteiger partial charge in [-0.2, -0.15) is 5.10 Å². The summed E-state index contributed by atoms with van der Waals surface area (Å²) in [5.41, 5.74) is 0.981. The molecule has 0 aliphatic rings. The highest BCUT2D eigenvalue weighted by molar-refractivity contribution is 6.04. The number of hydrogen-bond donors (Lipinski definition) is 1. The number of nitrogens with one attached hydrogen (secondary N) is 1. The topological polar surface area (TPSA) is 82.5 Å². The maximum Gasteiger partial charge on any atom is 0.274 e. The van der Waals surface area contributed by atoms with Crippen molar-refractivity contribution in [2.24, 2.45) is 5.92 Å². The van der Waals surface area contributed by atoms with E-state index in [1.807, 2.05) is 58.9 Å². The molecule has 2 aromatic carbocycles. The van der Waals surface area contributed by atoms with Crippen LogP contribution < -0.4 is 20.3 Å². The Morgan fingerprint density at radius 1 is 1.00 bits per heavy atom. The number of ether oxygens (including phenoxy) is 2. The number of amides is 1. The van der Waals surface area contributed by atoms with Crippen LogP contribution in [0.4, 0.5) is 0 Å². The maximum atomic E-state index is 13.4. The second-order valence-corrected chi connectivity index (χ2v) is 8.19. The molecule has 7 heteroatoms. The first-order valence-electron chi connectivity index (χ1n) is 11.6. The van der Waals surface area contributed by atoms with Crippen molar-refractivity contribution in [1.29, 1.82) is 0 Å². The normalized spacial score (nSPS) is 12.1. The Bertz CT molecular complexity index is 1170. The van der Waals surface area contributed by atoms with Crippen LogP contribution in [0.2, 0.25) is 0 Å². The molecule has 1 N–H and O–H groups in total. The molecule has 33 heavy (non-hydrogen) atoms. The average molecular weight is 452 g/mol. The summed E-state index contributed by atoms with van der Waals surface area (Å²) >= 11 is 0. The van der Waals surface area contributed by atoms with Gasteiger partial charge in [-0.3, -0.25) is 9.59 Å². The number of carbonyl (C=O) groups excluding carboxylic acids is 1. The molecular weight excluding hydrogens is 418 g/mol. The molecular formula is C26H33N3O4. The van der Waals surface area contributed by atoms with Gasteiger partial charge in [-0.05, 0) is 49.9 Å². The number of carbonyl (C=O) groups is 1. The highest BCUT2D eigenvalue weighted by Crippen LogP contribution is 2.33. The van der Waals surface area contributed by atoms with E-state index in [4.69, 9.17) is 9.47 Å². The van der Waals surface area contributed by atoms with Gasteiger partial charge in [0.05, 0.1) is 24.6 Å². The van der Waals surface area contributed by atoms with Gasteiger partial charge in [-0.1, -0.05) is 45.0 Å². The molecule has 0 spiro atoms. The van der Waals surface area contributed by atoms with E-state index in [1.54, 1.807) is 18.2 Å². The zero-order valence-corrected chi connectivity index (χ0v) is 20.1. The molecule has 0 saturated heterocycles. The summed E-state index contributed by atoms with van der Waals surface area (Å²) in [6.07, 6.45) is 0.743. The molecule has 0 aliphatic heterocycles. The number of nitrogens with zero attached hydrogens (tertiary/aromatic N) is 2. The van der Waals surface area contributed by atoms with E-state index in [0.29, 0.717) is 42.0 Å². The smallest absolute Gasteiger partial charge is 0.274 e. The Balaban J connectivity index is 2.01. The number of rotatable bonds is 10. The monoisotopic (exact) mass is 451 g/mol. The third kappa shape index (κ3) is 5.35. The number of aryl methyl sites for hydroxylation is 1. The Labute approximate surface area is 194 Å². The van der Waals surface area contributed by atoms with Crippen molar-refractivity contribution in [3.8, 4) is 11.5 Å². The van der Waals surface area contributed by atoms with Gasteiger partial charge < -0.3 is 14.8 Å². The van der Waals surface area contributed by atoms with Crippen molar-refractivity contribution in [2.75, 3.05) is 13.2 Å². The summed E-state index contributed by atoms with van der Waals surface area (Å²) in [5, 5.41) is 8.61. The number of aromatic nitrogens is 2. The zero-order chi connectivity index (χ0) is 24.0. The fraction of sp³-hybridized carbons (Fsp3) is 0.423. The first-order valence-corrected chi connectivity index (χ1v) is 11.6. The molecule has 1 atom stereocenters. The molecule has 3 aromatic rings. The summed E-state index contributed by atoms with van der Waals surface area (Å²) in [5.74, 6) is 1.11. The first-order chi connectivity index (χ1) is 15.9. The molecule has 0 saturated carbocycles. The fourth-order valence-corrected chi connectivity index (χ4v) is 3.87. The van der Waals surface area contributed by atoms with Gasteiger partial charge in [-0.15, -0.1) is 0 Å². The Kier molecular flexibility index (Phi) is 8.09. The third-order valence-corrected chi connectivity index (χ3v) is 5.40. The van der Waals surface area contributed by atoms with E-state index in [-0.39, 0.29) is 29.1 Å². The van der Waals surface area contributed by atoms with Crippen LogP contribution in [0.25, 0.3) is 10.8 Å². The molecule has 3 rings (SSSR count). The van der Waals surface area contributed by atoms with Crippen molar-refractivity contribution in [2.45, 2.75) is 53.6 Å². The molecule has 0 unspecified atom stereocenters. The minimum absolute atomic E-state index is 0.106.